The maximum atomic E-state index is 12.5. The zero-order valence-electron chi connectivity index (χ0n) is 17.0. The van der Waals surface area contributed by atoms with E-state index in [0.29, 0.717) is 43.4 Å². The predicted octanol–water partition coefficient (Wildman–Crippen LogP) is 1.86. The Kier molecular flexibility index (Phi) is 7.20. The normalized spacial score (nSPS) is 14.1. The number of hydrogen-bond acceptors (Lipinski definition) is 9. The highest BCUT2D eigenvalue weighted by atomic mass is 32.1. The Morgan fingerprint density at radius 1 is 1.16 bits per heavy atom. The lowest BCUT2D eigenvalue weighted by Gasteiger charge is -2.34. The van der Waals surface area contributed by atoms with Gasteiger partial charge in [-0.2, -0.15) is 0 Å². The molecule has 0 aliphatic carbocycles. The summed E-state index contributed by atoms with van der Waals surface area (Å²) in [5.74, 6) is 0.772. The SMILES string of the molecule is COc1ccc(NC(=O)N2CCN(CC(=O)Nc3ncc([N+](=O)[O-])s3)CC2)cc1OC. The lowest BCUT2D eigenvalue weighted by molar-refractivity contribution is -0.380. The van der Waals surface area contributed by atoms with Gasteiger partial charge >= 0.3 is 11.0 Å². The number of anilines is 2. The Balaban J connectivity index is 1.45. The van der Waals surface area contributed by atoms with Crippen LogP contribution in [0.25, 0.3) is 0 Å². The fraction of sp³-hybridized carbons (Fsp3) is 0.389. The monoisotopic (exact) mass is 450 g/mol. The van der Waals surface area contributed by atoms with Crippen molar-refractivity contribution in [1.82, 2.24) is 14.8 Å². The zero-order chi connectivity index (χ0) is 22.4. The first-order chi connectivity index (χ1) is 14.9. The van der Waals surface area contributed by atoms with Crippen LogP contribution in [0.3, 0.4) is 0 Å². The molecule has 166 valence electrons. The van der Waals surface area contributed by atoms with Gasteiger partial charge in [-0.15, -0.1) is 0 Å². The molecule has 1 aromatic carbocycles. The van der Waals surface area contributed by atoms with Crippen molar-refractivity contribution in [2.75, 3.05) is 57.6 Å². The number of ether oxygens (including phenoxy) is 2. The molecule has 0 radical (unpaired) electrons. The second-order valence-electron chi connectivity index (χ2n) is 6.57. The fourth-order valence-corrected chi connectivity index (χ4v) is 3.64. The Labute approximate surface area is 181 Å². The summed E-state index contributed by atoms with van der Waals surface area (Å²) in [5.41, 5.74) is 0.585. The third-order valence-corrected chi connectivity index (χ3v) is 5.45. The zero-order valence-corrected chi connectivity index (χ0v) is 17.8. The van der Waals surface area contributed by atoms with Crippen LogP contribution in [0, 0.1) is 10.1 Å². The summed E-state index contributed by atoms with van der Waals surface area (Å²) < 4.78 is 10.4. The van der Waals surface area contributed by atoms with Gasteiger partial charge in [0, 0.05) is 37.9 Å². The van der Waals surface area contributed by atoms with E-state index in [-0.39, 0.29) is 28.6 Å². The summed E-state index contributed by atoms with van der Waals surface area (Å²) >= 11 is 0.803. The molecule has 2 aromatic rings. The van der Waals surface area contributed by atoms with E-state index in [2.05, 4.69) is 15.6 Å². The average molecular weight is 450 g/mol. The first kappa shape index (κ1) is 22.2. The summed E-state index contributed by atoms with van der Waals surface area (Å²) in [6, 6.07) is 4.87. The van der Waals surface area contributed by atoms with E-state index in [0.717, 1.165) is 17.5 Å². The van der Waals surface area contributed by atoms with E-state index >= 15 is 0 Å². The third kappa shape index (κ3) is 5.79. The average Bonchev–Trinajstić information content (AvgIpc) is 3.22. The molecule has 1 aromatic heterocycles. The number of urea groups is 1. The van der Waals surface area contributed by atoms with Crippen molar-refractivity contribution < 1.29 is 24.0 Å². The van der Waals surface area contributed by atoms with E-state index in [1.807, 2.05) is 4.90 Å². The van der Waals surface area contributed by atoms with Crippen molar-refractivity contribution >= 4 is 39.1 Å². The van der Waals surface area contributed by atoms with Gasteiger partial charge in [-0.3, -0.25) is 19.8 Å². The van der Waals surface area contributed by atoms with Crippen molar-refractivity contribution in [1.29, 1.82) is 0 Å². The number of nitrogens with one attached hydrogen (secondary N) is 2. The van der Waals surface area contributed by atoms with Gasteiger partial charge in [0.2, 0.25) is 5.91 Å². The highest BCUT2D eigenvalue weighted by molar-refractivity contribution is 7.18. The van der Waals surface area contributed by atoms with Gasteiger partial charge < -0.3 is 25.0 Å². The van der Waals surface area contributed by atoms with Gasteiger partial charge in [0.15, 0.2) is 16.6 Å². The van der Waals surface area contributed by atoms with Crippen molar-refractivity contribution in [3.8, 4) is 11.5 Å². The second kappa shape index (κ2) is 10.0. The summed E-state index contributed by atoms with van der Waals surface area (Å²) in [6.45, 7) is 2.05. The van der Waals surface area contributed by atoms with Gasteiger partial charge in [0.05, 0.1) is 25.7 Å². The molecule has 31 heavy (non-hydrogen) atoms. The van der Waals surface area contributed by atoms with E-state index in [1.54, 1.807) is 23.1 Å². The molecule has 0 spiro atoms. The predicted molar refractivity (Wildman–Crippen MR) is 114 cm³/mol. The number of amides is 3. The van der Waals surface area contributed by atoms with Crippen molar-refractivity contribution in [3.05, 3.63) is 34.5 Å². The van der Waals surface area contributed by atoms with Gasteiger partial charge in [0.1, 0.15) is 6.20 Å². The molecule has 0 saturated carbocycles. The maximum Gasteiger partial charge on any atom is 0.345 e. The fourth-order valence-electron chi connectivity index (χ4n) is 3.00. The minimum atomic E-state index is -0.556. The van der Waals surface area contributed by atoms with Crippen LogP contribution < -0.4 is 20.1 Å². The van der Waals surface area contributed by atoms with E-state index in [9.17, 15) is 19.7 Å². The lowest BCUT2D eigenvalue weighted by atomic mass is 10.2. The molecule has 13 heteroatoms. The van der Waals surface area contributed by atoms with Crippen molar-refractivity contribution in [2.24, 2.45) is 0 Å². The topological polar surface area (TPSA) is 139 Å². The molecule has 0 unspecified atom stereocenters. The number of thiazole rings is 1. The minimum Gasteiger partial charge on any atom is -0.493 e. The molecule has 3 amide bonds. The Morgan fingerprint density at radius 3 is 2.48 bits per heavy atom. The molecular weight excluding hydrogens is 428 g/mol. The Bertz CT molecular complexity index is 959. The van der Waals surface area contributed by atoms with Crippen LogP contribution in [0.5, 0.6) is 11.5 Å². The summed E-state index contributed by atoms with van der Waals surface area (Å²) in [7, 11) is 3.06. The largest absolute Gasteiger partial charge is 0.493 e. The molecule has 12 nitrogen and oxygen atoms in total. The van der Waals surface area contributed by atoms with Crippen LogP contribution in [0.1, 0.15) is 0 Å². The third-order valence-electron chi connectivity index (χ3n) is 4.58. The molecule has 1 saturated heterocycles. The van der Waals surface area contributed by atoms with E-state index in [4.69, 9.17) is 9.47 Å². The Morgan fingerprint density at radius 2 is 1.87 bits per heavy atom. The van der Waals surface area contributed by atoms with Crippen LogP contribution in [0.4, 0.5) is 20.6 Å². The maximum absolute atomic E-state index is 12.5. The smallest absolute Gasteiger partial charge is 0.345 e. The number of carbonyl (C=O) groups is 2. The molecular formula is C18H22N6O6S. The molecule has 1 fully saturated rings. The molecule has 1 aliphatic rings. The number of piperazine rings is 1. The molecule has 1 aliphatic heterocycles. The molecule has 2 heterocycles. The van der Waals surface area contributed by atoms with E-state index < -0.39 is 4.92 Å². The minimum absolute atomic E-state index is 0.110. The number of nitro groups is 1. The highest BCUT2D eigenvalue weighted by Gasteiger charge is 2.23. The van der Waals surface area contributed by atoms with Crippen LogP contribution in [-0.4, -0.2) is 78.6 Å². The number of nitrogens with zero attached hydrogens (tertiary/aromatic N) is 4. The number of methoxy groups -OCH3 is 2. The molecule has 0 atom stereocenters. The van der Waals surface area contributed by atoms with Crippen molar-refractivity contribution in [3.63, 3.8) is 0 Å². The van der Waals surface area contributed by atoms with Gasteiger partial charge in [-0.1, -0.05) is 0 Å². The van der Waals surface area contributed by atoms with Crippen molar-refractivity contribution in [2.45, 2.75) is 0 Å². The first-order valence-corrected chi connectivity index (χ1v) is 10.1. The highest BCUT2D eigenvalue weighted by Crippen LogP contribution is 2.30. The quantitative estimate of drug-likeness (QED) is 0.481. The van der Waals surface area contributed by atoms with Crippen LogP contribution in [0.15, 0.2) is 24.4 Å². The first-order valence-electron chi connectivity index (χ1n) is 9.30. The van der Waals surface area contributed by atoms with Crippen LogP contribution >= 0.6 is 11.3 Å². The molecule has 0 bridgehead atoms. The second-order valence-corrected chi connectivity index (χ2v) is 7.58. The number of rotatable bonds is 7. The van der Waals surface area contributed by atoms with E-state index in [1.165, 1.54) is 14.2 Å². The summed E-state index contributed by atoms with van der Waals surface area (Å²) in [5, 5.41) is 16.1. The van der Waals surface area contributed by atoms with Crippen LogP contribution in [0.2, 0.25) is 0 Å². The van der Waals surface area contributed by atoms with Gasteiger partial charge in [0.25, 0.3) is 0 Å². The summed E-state index contributed by atoms with van der Waals surface area (Å²) in [6.07, 6.45) is 1.11. The van der Waals surface area contributed by atoms with Crippen LogP contribution in [-0.2, 0) is 4.79 Å². The Hall–Kier alpha value is -3.45. The number of hydrogen-bond donors (Lipinski definition) is 2. The molecule has 3 rings (SSSR count). The standard InChI is InChI=1S/C18H22N6O6S/c1-29-13-4-3-12(9-14(13)30-2)20-18(26)23-7-5-22(6-8-23)11-15(25)21-17-19-10-16(31-17)24(27)28/h3-4,9-10H,5-8,11H2,1-2H3,(H,20,26)(H,19,21,25). The van der Waals surface area contributed by atoms with Gasteiger partial charge in [-0.25, -0.2) is 9.78 Å². The van der Waals surface area contributed by atoms with Gasteiger partial charge in [-0.05, 0) is 23.5 Å². The lowest BCUT2D eigenvalue weighted by Crippen LogP contribution is -2.51. The number of carbonyl (C=O) groups excluding carboxylic acids is 2. The molecule has 2 N–H and O–H groups in total. The number of benzene rings is 1. The number of aromatic nitrogens is 1. The summed E-state index contributed by atoms with van der Waals surface area (Å²) in [4.78, 5) is 42.2.